The highest BCUT2D eigenvalue weighted by Gasteiger charge is 2.24. The van der Waals surface area contributed by atoms with Crippen LogP contribution in [0.1, 0.15) is 39.2 Å². The van der Waals surface area contributed by atoms with Crippen LogP contribution in [0.15, 0.2) is 18.2 Å². The summed E-state index contributed by atoms with van der Waals surface area (Å²) < 4.78 is 0.391. The quantitative estimate of drug-likeness (QED) is 0.798. The van der Waals surface area contributed by atoms with Crippen LogP contribution in [-0.2, 0) is 6.54 Å². The second-order valence-electron chi connectivity index (χ2n) is 6.30. The Hall–Kier alpha value is -0.380. The Labute approximate surface area is 138 Å². The number of benzene rings is 1. The fourth-order valence-electron chi connectivity index (χ4n) is 2.67. The number of hydrogen-bond donors (Lipinski definition) is 1. The van der Waals surface area contributed by atoms with Gasteiger partial charge < -0.3 is 10.2 Å². The number of anilines is 1. The summed E-state index contributed by atoms with van der Waals surface area (Å²) >= 11 is 8.28. The SMILES string of the molecule is CCCNCc1cc(Cl)ccc1N1CCSC(C)(C)CC1. The highest BCUT2D eigenvalue weighted by molar-refractivity contribution is 8.00. The fourth-order valence-corrected chi connectivity index (χ4v) is 3.96. The molecule has 1 N–H and O–H groups in total. The van der Waals surface area contributed by atoms with Gasteiger partial charge in [0.05, 0.1) is 0 Å². The standard InChI is InChI=1S/C17H27ClN2S/c1-4-8-19-13-14-12-15(18)5-6-16(14)20-9-7-17(2,3)21-11-10-20/h5-6,12,19H,4,7-11,13H2,1-3H3. The predicted molar refractivity (Wildman–Crippen MR) is 96.8 cm³/mol. The van der Waals surface area contributed by atoms with E-state index in [0.717, 1.165) is 37.6 Å². The van der Waals surface area contributed by atoms with E-state index in [1.54, 1.807) is 0 Å². The minimum atomic E-state index is 0.391. The summed E-state index contributed by atoms with van der Waals surface area (Å²) in [5, 5.41) is 4.33. The van der Waals surface area contributed by atoms with Crippen LogP contribution >= 0.6 is 23.4 Å². The van der Waals surface area contributed by atoms with Gasteiger partial charge in [-0.3, -0.25) is 0 Å². The molecular formula is C17H27ClN2S. The Morgan fingerprint density at radius 3 is 2.90 bits per heavy atom. The first kappa shape index (κ1) is 17.0. The summed E-state index contributed by atoms with van der Waals surface area (Å²) in [5.41, 5.74) is 2.67. The Bertz CT molecular complexity index is 462. The third-order valence-electron chi connectivity index (χ3n) is 3.96. The Morgan fingerprint density at radius 2 is 2.14 bits per heavy atom. The molecule has 1 aromatic rings. The zero-order valence-electron chi connectivity index (χ0n) is 13.4. The lowest BCUT2D eigenvalue weighted by molar-refractivity contribution is 0.633. The van der Waals surface area contributed by atoms with Gasteiger partial charge in [-0.1, -0.05) is 32.4 Å². The van der Waals surface area contributed by atoms with Gasteiger partial charge in [-0.05, 0) is 43.1 Å². The number of hydrogen-bond acceptors (Lipinski definition) is 3. The maximum absolute atomic E-state index is 6.20. The van der Waals surface area contributed by atoms with Gasteiger partial charge >= 0.3 is 0 Å². The number of rotatable bonds is 5. The molecule has 0 radical (unpaired) electrons. The number of nitrogens with zero attached hydrogens (tertiary/aromatic N) is 1. The molecule has 0 bridgehead atoms. The van der Waals surface area contributed by atoms with Crippen LogP contribution in [-0.4, -0.2) is 30.1 Å². The summed E-state index contributed by atoms with van der Waals surface area (Å²) in [7, 11) is 0. The van der Waals surface area contributed by atoms with Crippen molar-refractivity contribution in [1.29, 1.82) is 0 Å². The summed E-state index contributed by atoms with van der Waals surface area (Å²) in [6.07, 6.45) is 2.38. The second kappa shape index (κ2) is 7.75. The van der Waals surface area contributed by atoms with Crippen molar-refractivity contribution >= 4 is 29.1 Å². The normalized spacial score (nSPS) is 18.6. The maximum atomic E-state index is 6.20. The van der Waals surface area contributed by atoms with E-state index in [1.807, 2.05) is 6.07 Å². The lowest BCUT2D eigenvalue weighted by atomic mass is 10.1. The molecule has 0 unspecified atom stereocenters. The highest BCUT2D eigenvalue weighted by Crippen LogP contribution is 2.33. The number of nitrogens with one attached hydrogen (secondary N) is 1. The first-order valence-electron chi connectivity index (χ1n) is 7.90. The molecule has 0 aromatic heterocycles. The lowest BCUT2D eigenvalue weighted by Crippen LogP contribution is -2.28. The minimum Gasteiger partial charge on any atom is -0.370 e. The fraction of sp³-hybridized carbons (Fsp3) is 0.647. The summed E-state index contributed by atoms with van der Waals surface area (Å²) in [6, 6.07) is 6.32. The van der Waals surface area contributed by atoms with Crippen molar-refractivity contribution in [3.63, 3.8) is 0 Å². The minimum absolute atomic E-state index is 0.391. The molecule has 1 heterocycles. The molecule has 21 heavy (non-hydrogen) atoms. The van der Waals surface area contributed by atoms with E-state index in [9.17, 15) is 0 Å². The van der Waals surface area contributed by atoms with E-state index in [2.05, 4.69) is 54.9 Å². The molecule has 4 heteroatoms. The van der Waals surface area contributed by atoms with Crippen molar-refractivity contribution in [2.75, 3.05) is 30.3 Å². The Morgan fingerprint density at radius 1 is 1.33 bits per heavy atom. The number of halogens is 1. The molecule has 0 spiro atoms. The average Bonchev–Trinajstić information content (AvgIpc) is 2.60. The molecule has 0 saturated carbocycles. The van der Waals surface area contributed by atoms with Crippen molar-refractivity contribution in [3.05, 3.63) is 28.8 Å². The molecule has 2 rings (SSSR count). The lowest BCUT2D eigenvalue weighted by Gasteiger charge is -2.26. The van der Waals surface area contributed by atoms with Crippen LogP contribution in [0.25, 0.3) is 0 Å². The molecule has 0 aliphatic carbocycles. The third kappa shape index (κ3) is 5.08. The first-order valence-corrected chi connectivity index (χ1v) is 9.26. The third-order valence-corrected chi connectivity index (χ3v) is 5.57. The van der Waals surface area contributed by atoms with Gasteiger partial charge in [-0.15, -0.1) is 0 Å². The molecule has 0 atom stereocenters. The van der Waals surface area contributed by atoms with Gasteiger partial charge in [-0.25, -0.2) is 0 Å². The molecule has 0 amide bonds. The van der Waals surface area contributed by atoms with Gasteiger partial charge in [0.15, 0.2) is 0 Å². The Balaban J connectivity index is 2.13. The van der Waals surface area contributed by atoms with Crippen LogP contribution in [0.4, 0.5) is 5.69 Å². The highest BCUT2D eigenvalue weighted by atomic mass is 35.5. The van der Waals surface area contributed by atoms with Crippen LogP contribution < -0.4 is 10.2 Å². The molecule has 1 saturated heterocycles. The monoisotopic (exact) mass is 326 g/mol. The Kier molecular flexibility index (Phi) is 6.27. The van der Waals surface area contributed by atoms with Crippen LogP contribution in [0.5, 0.6) is 0 Å². The van der Waals surface area contributed by atoms with E-state index in [1.165, 1.54) is 23.4 Å². The zero-order chi connectivity index (χ0) is 15.3. The van der Waals surface area contributed by atoms with Crippen LogP contribution in [0.3, 0.4) is 0 Å². The molecule has 118 valence electrons. The van der Waals surface area contributed by atoms with E-state index < -0.39 is 0 Å². The van der Waals surface area contributed by atoms with Gasteiger partial charge in [-0.2, -0.15) is 11.8 Å². The van der Waals surface area contributed by atoms with Crippen molar-refractivity contribution in [2.45, 2.75) is 44.9 Å². The van der Waals surface area contributed by atoms with E-state index in [0.29, 0.717) is 4.75 Å². The van der Waals surface area contributed by atoms with E-state index >= 15 is 0 Å². The van der Waals surface area contributed by atoms with Gasteiger partial charge in [0.25, 0.3) is 0 Å². The zero-order valence-corrected chi connectivity index (χ0v) is 15.0. The van der Waals surface area contributed by atoms with Crippen LogP contribution in [0, 0.1) is 0 Å². The molecule has 1 aliphatic rings. The molecule has 1 aliphatic heterocycles. The van der Waals surface area contributed by atoms with Crippen molar-refractivity contribution in [1.82, 2.24) is 5.32 Å². The van der Waals surface area contributed by atoms with E-state index in [4.69, 9.17) is 11.6 Å². The largest absolute Gasteiger partial charge is 0.370 e. The second-order valence-corrected chi connectivity index (χ2v) is 8.53. The van der Waals surface area contributed by atoms with Gasteiger partial charge in [0, 0.05) is 40.8 Å². The summed E-state index contributed by atoms with van der Waals surface area (Å²) in [5.74, 6) is 1.19. The van der Waals surface area contributed by atoms with Crippen molar-refractivity contribution in [2.24, 2.45) is 0 Å². The first-order chi connectivity index (χ1) is 10.0. The van der Waals surface area contributed by atoms with E-state index in [-0.39, 0.29) is 0 Å². The van der Waals surface area contributed by atoms with Gasteiger partial charge in [0.2, 0.25) is 0 Å². The topological polar surface area (TPSA) is 15.3 Å². The predicted octanol–water partition coefficient (Wildman–Crippen LogP) is 4.56. The number of thioether (sulfide) groups is 1. The van der Waals surface area contributed by atoms with Crippen molar-refractivity contribution in [3.8, 4) is 0 Å². The molecule has 1 aromatic carbocycles. The smallest absolute Gasteiger partial charge is 0.0413 e. The molecule has 1 fully saturated rings. The van der Waals surface area contributed by atoms with Crippen molar-refractivity contribution < 1.29 is 0 Å². The summed E-state index contributed by atoms with van der Waals surface area (Å²) in [4.78, 5) is 2.53. The maximum Gasteiger partial charge on any atom is 0.0413 e. The van der Waals surface area contributed by atoms with Gasteiger partial charge in [0.1, 0.15) is 0 Å². The van der Waals surface area contributed by atoms with Crippen LogP contribution in [0.2, 0.25) is 5.02 Å². The average molecular weight is 327 g/mol. The molecular weight excluding hydrogens is 300 g/mol. The summed E-state index contributed by atoms with van der Waals surface area (Å²) in [6.45, 7) is 11.1. The molecule has 2 nitrogen and oxygen atoms in total.